The molecule has 6 nitrogen and oxygen atoms in total. The van der Waals surface area contributed by atoms with Gasteiger partial charge in [-0.15, -0.1) is 5.10 Å². The third-order valence-electron chi connectivity index (χ3n) is 2.71. The van der Waals surface area contributed by atoms with Gasteiger partial charge in [0, 0.05) is 26.3 Å². The first kappa shape index (κ1) is 10.5. The van der Waals surface area contributed by atoms with Crippen LogP contribution in [0.4, 0.5) is 0 Å². The maximum absolute atomic E-state index is 5.59. The molecule has 3 N–H and O–H groups in total. The Morgan fingerprint density at radius 3 is 3.20 bits per heavy atom. The van der Waals surface area contributed by atoms with Gasteiger partial charge in [0.15, 0.2) is 0 Å². The third-order valence-corrected chi connectivity index (χ3v) is 2.71. The van der Waals surface area contributed by atoms with Crippen LogP contribution in [0.2, 0.25) is 0 Å². The molecule has 0 aliphatic carbocycles. The van der Waals surface area contributed by atoms with E-state index in [1.807, 2.05) is 13.2 Å². The van der Waals surface area contributed by atoms with Gasteiger partial charge in [0.05, 0.1) is 17.8 Å². The predicted molar refractivity (Wildman–Crippen MR) is 54.8 cm³/mol. The van der Waals surface area contributed by atoms with Crippen molar-refractivity contribution in [1.29, 1.82) is 0 Å². The Bertz CT molecular complexity index is 307. The van der Waals surface area contributed by atoms with Crippen molar-refractivity contribution in [2.75, 3.05) is 6.61 Å². The highest BCUT2D eigenvalue weighted by Crippen LogP contribution is 2.17. The molecule has 2 rings (SSSR count). The van der Waals surface area contributed by atoms with Crippen molar-refractivity contribution in [3.63, 3.8) is 0 Å². The van der Waals surface area contributed by atoms with Gasteiger partial charge in [0.1, 0.15) is 0 Å². The number of hydrazine groups is 1. The molecule has 2 atom stereocenters. The van der Waals surface area contributed by atoms with Crippen LogP contribution in [0.25, 0.3) is 0 Å². The molecule has 0 aromatic carbocycles. The first-order chi connectivity index (χ1) is 7.29. The Hall–Kier alpha value is -0.980. The number of nitrogens with one attached hydrogen (secondary N) is 1. The Kier molecular flexibility index (Phi) is 3.30. The van der Waals surface area contributed by atoms with E-state index in [1.165, 1.54) is 0 Å². The molecule has 0 bridgehead atoms. The zero-order chi connectivity index (χ0) is 10.7. The minimum atomic E-state index is 0.129. The third kappa shape index (κ3) is 2.53. The van der Waals surface area contributed by atoms with Gasteiger partial charge in [-0.1, -0.05) is 5.21 Å². The zero-order valence-electron chi connectivity index (χ0n) is 8.89. The summed E-state index contributed by atoms with van der Waals surface area (Å²) in [5, 5.41) is 7.92. The largest absolute Gasteiger partial charge is 0.377 e. The first-order valence-electron chi connectivity index (χ1n) is 5.22. The van der Waals surface area contributed by atoms with Crippen LogP contribution in [-0.2, 0) is 18.2 Å². The number of rotatable bonds is 4. The van der Waals surface area contributed by atoms with Gasteiger partial charge in [-0.05, 0) is 12.8 Å². The van der Waals surface area contributed by atoms with Crippen LogP contribution in [-0.4, -0.2) is 33.7 Å². The molecule has 1 saturated heterocycles. The summed E-state index contributed by atoms with van der Waals surface area (Å²) in [6, 6.07) is 0.129. The first-order valence-corrected chi connectivity index (χ1v) is 5.22. The van der Waals surface area contributed by atoms with Crippen molar-refractivity contribution in [1.82, 2.24) is 20.4 Å². The van der Waals surface area contributed by atoms with Crippen LogP contribution in [0.5, 0.6) is 0 Å². The van der Waals surface area contributed by atoms with Crippen LogP contribution in [0.15, 0.2) is 6.20 Å². The molecule has 15 heavy (non-hydrogen) atoms. The summed E-state index contributed by atoms with van der Waals surface area (Å²) in [7, 11) is 1.85. The van der Waals surface area contributed by atoms with E-state index in [4.69, 9.17) is 10.6 Å². The molecule has 1 aromatic heterocycles. The number of nitrogens with zero attached hydrogens (tertiary/aromatic N) is 3. The molecule has 2 heterocycles. The smallest absolute Gasteiger partial charge is 0.0844 e. The summed E-state index contributed by atoms with van der Waals surface area (Å²) in [6.07, 6.45) is 5.05. The molecule has 0 radical (unpaired) electrons. The van der Waals surface area contributed by atoms with E-state index in [-0.39, 0.29) is 12.1 Å². The van der Waals surface area contributed by atoms with Crippen molar-refractivity contribution < 1.29 is 4.74 Å². The normalized spacial score (nSPS) is 23.2. The molecule has 6 heteroatoms. The lowest BCUT2D eigenvalue weighted by Crippen LogP contribution is -2.45. The van der Waals surface area contributed by atoms with Crippen molar-refractivity contribution in [3.05, 3.63) is 11.9 Å². The number of hydrogen-bond acceptors (Lipinski definition) is 5. The van der Waals surface area contributed by atoms with Gasteiger partial charge in [-0.25, -0.2) is 0 Å². The van der Waals surface area contributed by atoms with E-state index >= 15 is 0 Å². The second-order valence-corrected chi connectivity index (χ2v) is 3.91. The fourth-order valence-corrected chi connectivity index (χ4v) is 1.93. The monoisotopic (exact) mass is 211 g/mol. The quantitative estimate of drug-likeness (QED) is 0.512. The number of hydrogen-bond donors (Lipinski definition) is 2. The molecule has 1 fully saturated rings. The van der Waals surface area contributed by atoms with Gasteiger partial charge in [-0.3, -0.25) is 16.0 Å². The SMILES string of the molecule is Cn1cc(CC(NN)C2CCCO2)nn1. The van der Waals surface area contributed by atoms with E-state index in [0.717, 1.165) is 31.6 Å². The molecular weight excluding hydrogens is 194 g/mol. The number of ether oxygens (including phenoxy) is 1. The Morgan fingerprint density at radius 1 is 1.80 bits per heavy atom. The molecular formula is C9H17N5O. The van der Waals surface area contributed by atoms with Crippen molar-refractivity contribution in [2.45, 2.75) is 31.4 Å². The lowest BCUT2D eigenvalue weighted by molar-refractivity contribution is 0.0781. The second-order valence-electron chi connectivity index (χ2n) is 3.91. The highest BCUT2D eigenvalue weighted by Gasteiger charge is 2.25. The Balaban J connectivity index is 1.95. The summed E-state index contributed by atoms with van der Waals surface area (Å²) >= 11 is 0. The molecule has 1 aliphatic heterocycles. The van der Waals surface area contributed by atoms with Gasteiger partial charge < -0.3 is 4.74 Å². The average molecular weight is 211 g/mol. The topological polar surface area (TPSA) is 78.0 Å². The summed E-state index contributed by atoms with van der Waals surface area (Å²) in [5.74, 6) is 5.52. The van der Waals surface area contributed by atoms with Crippen molar-refractivity contribution in [3.8, 4) is 0 Å². The van der Waals surface area contributed by atoms with E-state index in [0.29, 0.717) is 0 Å². The van der Waals surface area contributed by atoms with Crippen LogP contribution in [0.3, 0.4) is 0 Å². The van der Waals surface area contributed by atoms with E-state index in [2.05, 4.69) is 15.7 Å². The number of aromatic nitrogens is 3. The molecule has 1 aliphatic rings. The highest BCUT2D eigenvalue weighted by atomic mass is 16.5. The van der Waals surface area contributed by atoms with Crippen LogP contribution < -0.4 is 11.3 Å². The van der Waals surface area contributed by atoms with Gasteiger partial charge in [0.25, 0.3) is 0 Å². The number of nitrogens with two attached hydrogens (primary N) is 1. The number of aryl methyl sites for hydroxylation is 1. The maximum Gasteiger partial charge on any atom is 0.0844 e. The standard InChI is InChI=1S/C9H17N5O/c1-14-6-7(12-13-14)5-8(11-10)9-3-2-4-15-9/h6,8-9,11H,2-5,10H2,1H3. The van der Waals surface area contributed by atoms with E-state index < -0.39 is 0 Å². The Morgan fingerprint density at radius 2 is 2.67 bits per heavy atom. The van der Waals surface area contributed by atoms with Crippen molar-refractivity contribution in [2.24, 2.45) is 12.9 Å². The van der Waals surface area contributed by atoms with Crippen LogP contribution in [0, 0.1) is 0 Å². The van der Waals surface area contributed by atoms with E-state index in [9.17, 15) is 0 Å². The molecule has 84 valence electrons. The molecule has 0 spiro atoms. The van der Waals surface area contributed by atoms with Gasteiger partial charge >= 0.3 is 0 Å². The predicted octanol–water partition coefficient (Wildman–Crippen LogP) is -0.631. The summed E-state index contributed by atoms with van der Waals surface area (Å²) in [4.78, 5) is 0. The molecule has 0 saturated carbocycles. The fraction of sp³-hybridized carbons (Fsp3) is 0.778. The van der Waals surface area contributed by atoms with Crippen LogP contribution in [0.1, 0.15) is 18.5 Å². The van der Waals surface area contributed by atoms with Gasteiger partial charge in [-0.2, -0.15) is 0 Å². The van der Waals surface area contributed by atoms with Gasteiger partial charge in [0.2, 0.25) is 0 Å². The lowest BCUT2D eigenvalue weighted by atomic mass is 10.0. The van der Waals surface area contributed by atoms with Crippen LogP contribution >= 0.6 is 0 Å². The summed E-state index contributed by atoms with van der Waals surface area (Å²) in [5.41, 5.74) is 3.74. The summed E-state index contributed by atoms with van der Waals surface area (Å²) < 4.78 is 7.28. The lowest BCUT2D eigenvalue weighted by Gasteiger charge is -2.20. The molecule has 0 amide bonds. The van der Waals surface area contributed by atoms with E-state index in [1.54, 1.807) is 4.68 Å². The average Bonchev–Trinajstić information content (AvgIpc) is 2.85. The zero-order valence-corrected chi connectivity index (χ0v) is 8.89. The molecule has 1 aromatic rings. The Labute approximate surface area is 88.7 Å². The fourth-order valence-electron chi connectivity index (χ4n) is 1.93. The second kappa shape index (κ2) is 4.69. The minimum absolute atomic E-state index is 0.129. The van der Waals surface area contributed by atoms with Crippen molar-refractivity contribution >= 4 is 0 Å². The minimum Gasteiger partial charge on any atom is -0.377 e. The summed E-state index contributed by atoms with van der Waals surface area (Å²) in [6.45, 7) is 0.837. The maximum atomic E-state index is 5.59. The molecule has 2 unspecified atom stereocenters. The highest BCUT2D eigenvalue weighted by molar-refractivity contribution is 4.97.